The van der Waals surface area contributed by atoms with E-state index in [-0.39, 0.29) is 18.2 Å². The molecule has 0 saturated heterocycles. The van der Waals surface area contributed by atoms with Gasteiger partial charge < -0.3 is 10.6 Å². The Morgan fingerprint density at radius 1 is 0.893 bits per heavy atom. The molecule has 4 nitrogen and oxygen atoms in total. The van der Waals surface area contributed by atoms with Gasteiger partial charge in [0, 0.05) is 10.6 Å². The molecule has 1 heterocycles. The van der Waals surface area contributed by atoms with Crippen molar-refractivity contribution in [3.8, 4) is 0 Å². The number of carbonyl (C=O) groups excluding carboxylic acids is 2. The van der Waals surface area contributed by atoms with E-state index in [0.717, 1.165) is 10.4 Å². The summed E-state index contributed by atoms with van der Waals surface area (Å²) in [6.07, 6.45) is 0.261. The monoisotopic (exact) mass is 392 g/mol. The van der Waals surface area contributed by atoms with Gasteiger partial charge in [0.2, 0.25) is 5.91 Å². The van der Waals surface area contributed by atoms with E-state index in [4.69, 9.17) is 0 Å². The number of carbonyl (C=O) groups is 2. The molecule has 2 N–H and O–H groups in total. The van der Waals surface area contributed by atoms with Crippen LogP contribution in [-0.2, 0) is 16.0 Å². The third-order valence-electron chi connectivity index (χ3n) is 4.46. The molecule has 2 aromatic carbocycles. The van der Waals surface area contributed by atoms with Crippen LogP contribution in [0.25, 0.3) is 0 Å². The quantitative estimate of drug-likeness (QED) is 0.600. The average Bonchev–Trinajstić information content (AvgIpc) is 3.20. The Bertz CT molecular complexity index is 904. The average molecular weight is 393 g/mol. The molecule has 0 bridgehead atoms. The molecule has 144 valence electrons. The van der Waals surface area contributed by atoms with Gasteiger partial charge in [-0.2, -0.15) is 0 Å². The van der Waals surface area contributed by atoms with Gasteiger partial charge in [-0.1, -0.05) is 62.4 Å². The first kappa shape index (κ1) is 19.8. The van der Waals surface area contributed by atoms with E-state index in [2.05, 4.69) is 24.5 Å². The zero-order valence-corrected chi connectivity index (χ0v) is 16.8. The van der Waals surface area contributed by atoms with E-state index in [1.165, 1.54) is 16.9 Å². The Morgan fingerprint density at radius 2 is 1.61 bits per heavy atom. The van der Waals surface area contributed by atoms with Crippen molar-refractivity contribution in [3.05, 3.63) is 88.1 Å². The van der Waals surface area contributed by atoms with Crippen LogP contribution in [0.4, 0.5) is 5.69 Å². The first-order valence-electron chi connectivity index (χ1n) is 9.30. The van der Waals surface area contributed by atoms with E-state index < -0.39 is 6.04 Å². The molecule has 0 radical (unpaired) electrons. The van der Waals surface area contributed by atoms with Crippen molar-refractivity contribution in [3.63, 3.8) is 0 Å². The van der Waals surface area contributed by atoms with Gasteiger partial charge in [-0.15, -0.1) is 11.3 Å². The number of amides is 2. The summed E-state index contributed by atoms with van der Waals surface area (Å²) in [5.74, 6) is -0.0111. The largest absolute Gasteiger partial charge is 0.340 e. The van der Waals surface area contributed by atoms with Crippen LogP contribution in [0.3, 0.4) is 0 Å². The van der Waals surface area contributed by atoms with Crippen molar-refractivity contribution in [2.45, 2.75) is 32.2 Å². The molecule has 3 rings (SSSR count). The van der Waals surface area contributed by atoms with Crippen LogP contribution in [0, 0.1) is 0 Å². The molecule has 0 saturated carbocycles. The van der Waals surface area contributed by atoms with Crippen molar-refractivity contribution < 1.29 is 9.59 Å². The Morgan fingerprint density at radius 3 is 2.21 bits per heavy atom. The second-order valence-electron chi connectivity index (χ2n) is 6.93. The van der Waals surface area contributed by atoms with Crippen molar-refractivity contribution in [2.24, 2.45) is 0 Å². The lowest BCUT2D eigenvalue weighted by atomic mass is 10.0. The van der Waals surface area contributed by atoms with Crippen molar-refractivity contribution in [1.82, 2.24) is 5.32 Å². The predicted molar refractivity (Wildman–Crippen MR) is 115 cm³/mol. The summed E-state index contributed by atoms with van der Waals surface area (Å²) in [7, 11) is 0. The molecule has 1 aromatic heterocycles. The summed E-state index contributed by atoms with van der Waals surface area (Å²) in [4.78, 5) is 26.4. The Kier molecular flexibility index (Phi) is 6.61. The van der Waals surface area contributed by atoms with Gasteiger partial charge >= 0.3 is 0 Å². The van der Waals surface area contributed by atoms with Crippen molar-refractivity contribution >= 4 is 28.8 Å². The Labute approximate surface area is 169 Å². The number of benzene rings is 2. The van der Waals surface area contributed by atoms with Gasteiger partial charge in [0.1, 0.15) is 6.04 Å². The fraction of sp³-hybridized carbons (Fsp3) is 0.217. The summed E-state index contributed by atoms with van der Waals surface area (Å²) in [6, 6.07) is 20.2. The lowest BCUT2D eigenvalue weighted by Crippen LogP contribution is -2.37. The summed E-state index contributed by atoms with van der Waals surface area (Å²) in [5, 5.41) is 7.73. The van der Waals surface area contributed by atoms with Gasteiger partial charge in [0.25, 0.3) is 5.91 Å². The highest BCUT2D eigenvalue weighted by Crippen LogP contribution is 2.20. The SMILES string of the molecule is CC(C)c1ccc(NC(=O)[C@H](NC(=O)Cc2cccs2)c2ccccc2)cc1. The molecule has 0 aliphatic carbocycles. The maximum atomic E-state index is 12.9. The maximum Gasteiger partial charge on any atom is 0.251 e. The second kappa shape index (κ2) is 9.33. The fourth-order valence-corrected chi connectivity index (χ4v) is 3.60. The summed E-state index contributed by atoms with van der Waals surface area (Å²) >= 11 is 1.53. The zero-order valence-electron chi connectivity index (χ0n) is 16.0. The van der Waals surface area contributed by atoms with Crippen molar-refractivity contribution in [2.75, 3.05) is 5.32 Å². The third-order valence-corrected chi connectivity index (χ3v) is 5.34. The molecule has 28 heavy (non-hydrogen) atoms. The minimum absolute atomic E-state index is 0.179. The van der Waals surface area contributed by atoms with Crippen LogP contribution in [0.5, 0.6) is 0 Å². The van der Waals surface area contributed by atoms with Crippen molar-refractivity contribution in [1.29, 1.82) is 0 Å². The second-order valence-corrected chi connectivity index (χ2v) is 7.97. The minimum Gasteiger partial charge on any atom is -0.340 e. The smallest absolute Gasteiger partial charge is 0.251 e. The lowest BCUT2D eigenvalue weighted by molar-refractivity contribution is -0.126. The maximum absolute atomic E-state index is 12.9. The first-order valence-corrected chi connectivity index (χ1v) is 10.2. The van der Waals surface area contributed by atoms with E-state index in [1.807, 2.05) is 72.1 Å². The summed E-state index contributed by atoms with van der Waals surface area (Å²) in [6.45, 7) is 4.25. The van der Waals surface area contributed by atoms with Crippen LogP contribution >= 0.6 is 11.3 Å². The van der Waals surface area contributed by atoms with Gasteiger partial charge in [-0.25, -0.2) is 0 Å². The molecule has 0 aliphatic rings. The molecule has 0 spiro atoms. The van der Waals surface area contributed by atoms with Crippen LogP contribution < -0.4 is 10.6 Å². The molecular weight excluding hydrogens is 368 g/mol. The molecule has 2 amide bonds. The number of thiophene rings is 1. The van der Waals surface area contributed by atoms with E-state index >= 15 is 0 Å². The topological polar surface area (TPSA) is 58.2 Å². The Balaban J connectivity index is 1.74. The molecule has 1 atom stereocenters. The predicted octanol–water partition coefficient (Wildman–Crippen LogP) is 4.91. The summed E-state index contributed by atoms with van der Waals surface area (Å²) < 4.78 is 0. The first-order chi connectivity index (χ1) is 13.5. The van der Waals surface area contributed by atoms with Crippen LogP contribution in [0.1, 0.15) is 41.8 Å². The standard InChI is InChI=1S/C23H24N2O2S/c1-16(2)17-10-12-19(13-11-17)24-23(27)22(18-7-4-3-5-8-18)25-21(26)15-20-9-6-14-28-20/h3-14,16,22H,15H2,1-2H3,(H,24,27)(H,25,26)/t22-/m1/s1. The fourth-order valence-electron chi connectivity index (χ4n) is 2.89. The minimum atomic E-state index is -0.751. The highest BCUT2D eigenvalue weighted by atomic mass is 32.1. The zero-order chi connectivity index (χ0) is 19.9. The van der Waals surface area contributed by atoms with Gasteiger partial charge in [-0.05, 0) is 40.6 Å². The lowest BCUT2D eigenvalue weighted by Gasteiger charge is -2.19. The van der Waals surface area contributed by atoms with E-state index in [0.29, 0.717) is 11.6 Å². The number of rotatable bonds is 7. The molecular formula is C23H24N2O2S. The number of nitrogens with one attached hydrogen (secondary N) is 2. The van der Waals surface area contributed by atoms with Crippen LogP contribution in [0.15, 0.2) is 72.1 Å². The summed E-state index contributed by atoms with van der Waals surface area (Å²) in [5.41, 5.74) is 2.67. The molecule has 5 heteroatoms. The van der Waals surface area contributed by atoms with Gasteiger partial charge in [0.05, 0.1) is 6.42 Å². The van der Waals surface area contributed by atoms with Gasteiger partial charge in [0.15, 0.2) is 0 Å². The normalized spacial score (nSPS) is 11.8. The van der Waals surface area contributed by atoms with E-state index in [9.17, 15) is 9.59 Å². The highest BCUT2D eigenvalue weighted by molar-refractivity contribution is 7.10. The number of anilines is 1. The van der Waals surface area contributed by atoms with E-state index in [1.54, 1.807) is 0 Å². The van der Waals surface area contributed by atoms with Gasteiger partial charge in [-0.3, -0.25) is 9.59 Å². The van der Waals surface area contributed by atoms with Crippen LogP contribution in [0.2, 0.25) is 0 Å². The Hall–Kier alpha value is -2.92. The molecule has 0 aliphatic heterocycles. The highest BCUT2D eigenvalue weighted by Gasteiger charge is 2.23. The number of hydrogen-bond acceptors (Lipinski definition) is 3. The molecule has 0 fully saturated rings. The molecule has 0 unspecified atom stereocenters. The molecule has 3 aromatic rings. The van der Waals surface area contributed by atoms with Crippen LogP contribution in [-0.4, -0.2) is 11.8 Å². The number of hydrogen-bond donors (Lipinski definition) is 2. The third kappa shape index (κ3) is 5.30.